The second kappa shape index (κ2) is 10.4. The molecule has 0 fully saturated rings. The highest BCUT2D eigenvalue weighted by Crippen LogP contribution is 2.18. The smallest absolute Gasteiger partial charge is 0.130 e. The zero-order valence-corrected chi connectivity index (χ0v) is 12.3. The van der Waals surface area contributed by atoms with Crippen molar-refractivity contribution < 1.29 is 45.7 Å². The van der Waals surface area contributed by atoms with Gasteiger partial charge in [0.1, 0.15) is 31.0 Å². The summed E-state index contributed by atoms with van der Waals surface area (Å²) in [4.78, 5) is 0. The molecule has 0 aliphatic carbocycles. The Kier molecular flexibility index (Phi) is 11.5. The number of hydrogen-bond donors (Lipinski definition) is 3. The normalized spacial score (nSPS) is 12.9. The minimum absolute atomic E-state index is 0. The standard InChI is InChI=1S/C12H20N2O2.2ClH/c1-9(14-8-7-13)12(15)10-3-5-11(16-2)6-4-10;;/h3-6,9,12,14-15H,7-8,13H2,1-2H3;2*1H. The highest BCUT2D eigenvalue weighted by molar-refractivity contribution is 5.28. The van der Waals surface area contributed by atoms with E-state index >= 15 is 0 Å². The van der Waals surface area contributed by atoms with Crippen molar-refractivity contribution in [3.05, 3.63) is 29.8 Å². The molecule has 0 heterocycles. The first-order valence-electron chi connectivity index (χ1n) is 5.63. The molecule has 0 bridgehead atoms. The summed E-state index contributed by atoms with van der Waals surface area (Å²) in [5.41, 5.74) is 4.71. The van der Waals surface area contributed by atoms with E-state index in [4.69, 9.17) is 4.74 Å². The van der Waals surface area contributed by atoms with Gasteiger partial charge in [-0.15, -0.1) is 0 Å². The first kappa shape index (κ1) is 19.8. The molecule has 0 spiro atoms. The molecule has 1 aromatic carbocycles. The Morgan fingerprint density at radius 2 is 1.83 bits per heavy atom. The zero-order chi connectivity index (χ0) is 12.0. The van der Waals surface area contributed by atoms with E-state index in [0.717, 1.165) is 24.4 Å². The summed E-state index contributed by atoms with van der Waals surface area (Å²) in [7, 11) is 1.64. The number of hydrogen-bond acceptors (Lipinski definition) is 2. The molecule has 2 unspecified atom stereocenters. The topological polar surface area (TPSA) is 73.7 Å². The van der Waals surface area contributed by atoms with Gasteiger partial charge in [-0.1, -0.05) is 12.1 Å². The van der Waals surface area contributed by atoms with Crippen molar-refractivity contribution in [2.45, 2.75) is 19.1 Å². The Balaban J connectivity index is 0. The average Bonchev–Trinajstić information content (AvgIpc) is 2.35. The fourth-order valence-corrected chi connectivity index (χ4v) is 1.61. The van der Waals surface area contributed by atoms with Crippen molar-refractivity contribution >= 4 is 0 Å². The van der Waals surface area contributed by atoms with E-state index < -0.39 is 6.10 Å². The predicted octanol–water partition coefficient (Wildman–Crippen LogP) is -7.07. The molecule has 6 heteroatoms. The molecule has 4 nitrogen and oxygen atoms in total. The van der Waals surface area contributed by atoms with Crippen molar-refractivity contribution in [3.63, 3.8) is 0 Å². The van der Waals surface area contributed by atoms with Crippen molar-refractivity contribution in [1.82, 2.24) is 0 Å². The van der Waals surface area contributed by atoms with E-state index in [0.29, 0.717) is 0 Å². The quantitative estimate of drug-likeness (QED) is 0.488. The van der Waals surface area contributed by atoms with Gasteiger partial charge in [0.05, 0.1) is 7.11 Å². The molecular weight excluding hydrogens is 275 g/mol. The lowest BCUT2D eigenvalue weighted by Crippen LogP contribution is -3.00. The van der Waals surface area contributed by atoms with E-state index in [1.807, 2.05) is 31.2 Å². The number of methoxy groups -OCH3 is 1. The first-order valence-corrected chi connectivity index (χ1v) is 5.63. The summed E-state index contributed by atoms with van der Waals surface area (Å²) in [5.74, 6) is 0.811. The molecule has 0 aromatic heterocycles. The van der Waals surface area contributed by atoms with Gasteiger partial charge in [0.2, 0.25) is 0 Å². The van der Waals surface area contributed by atoms with Gasteiger partial charge in [-0.05, 0) is 24.6 Å². The summed E-state index contributed by atoms with van der Waals surface area (Å²) < 4.78 is 5.08. The SMILES string of the molecule is COc1ccc(C(O)C(C)[NH2+]CC[NH3+])cc1.[Cl-].[Cl-]. The van der Waals surface area contributed by atoms with Crippen LogP contribution in [0, 0.1) is 0 Å². The van der Waals surface area contributed by atoms with E-state index in [-0.39, 0.29) is 30.9 Å². The molecule has 0 radical (unpaired) electrons. The van der Waals surface area contributed by atoms with Gasteiger partial charge in [0.15, 0.2) is 0 Å². The van der Waals surface area contributed by atoms with E-state index in [1.54, 1.807) is 7.11 Å². The largest absolute Gasteiger partial charge is 1.00 e. The third kappa shape index (κ3) is 5.89. The minimum atomic E-state index is -0.447. The maximum atomic E-state index is 10.1. The summed E-state index contributed by atoms with van der Waals surface area (Å²) >= 11 is 0. The molecular formula is C12H22Cl2N2O2. The molecule has 0 saturated heterocycles. The van der Waals surface area contributed by atoms with Crippen molar-refractivity contribution in [3.8, 4) is 5.75 Å². The summed E-state index contributed by atoms with van der Waals surface area (Å²) in [6.07, 6.45) is -0.447. The van der Waals surface area contributed by atoms with Gasteiger partial charge in [-0.25, -0.2) is 0 Å². The summed E-state index contributed by atoms with van der Waals surface area (Å²) in [6.45, 7) is 3.83. The van der Waals surface area contributed by atoms with Gasteiger partial charge < -0.3 is 45.7 Å². The fraction of sp³-hybridized carbons (Fsp3) is 0.500. The van der Waals surface area contributed by atoms with Gasteiger partial charge in [-0.2, -0.15) is 0 Å². The number of quaternary nitrogens is 2. The van der Waals surface area contributed by atoms with Crippen LogP contribution in [-0.4, -0.2) is 31.3 Å². The summed E-state index contributed by atoms with van der Waals surface area (Å²) in [6, 6.07) is 7.69. The third-order valence-corrected chi connectivity index (χ3v) is 2.70. The van der Waals surface area contributed by atoms with Gasteiger partial charge in [-0.3, -0.25) is 0 Å². The monoisotopic (exact) mass is 296 g/mol. The van der Waals surface area contributed by atoms with Crippen LogP contribution in [0.3, 0.4) is 0 Å². The van der Waals surface area contributed by atoms with Crippen LogP contribution in [0.15, 0.2) is 24.3 Å². The zero-order valence-electron chi connectivity index (χ0n) is 10.8. The van der Waals surface area contributed by atoms with Gasteiger partial charge in [0.25, 0.3) is 0 Å². The van der Waals surface area contributed by atoms with E-state index in [2.05, 4.69) is 11.1 Å². The lowest BCUT2D eigenvalue weighted by atomic mass is 10.0. The van der Waals surface area contributed by atoms with E-state index in [9.17, 15) is 5.11 Å². The van der Waals surface area contributed by atoms with E-state index in [1.165, 1.54) is 0 Å². The lowest BCUT2D eigenvalue weighted by molar-refractivity contribution is -0.706. The number of benzene rings is 1. The number of aliphatic hydroxyl groups is 1. The summed E-state index contributed by atoms with van der Waals surface area (Å²) in [5, 5.41) is 12.2. The Bertz CT molecular complexity index is 309. The Labute approximate surface area is 121 Å². The third-order valence-electron chi connectivity index (χ3n) is 2.70. The molecule has 1 rings (SSSR count). The van der Waals surface area contributed by atoms with Gasteiger partial charge >= 0.3 is 0 Å². The van der Waals surface area contributed by atoms with Crippen molar-refractivity contribution in [2.24, 2.45) is 0 Å². The average molecular weight is 297 g/mol. The minimum Gasteiger partial charge on any atom is -1.00 e. The van der Waals surface area contributed by atoms with Crippen molar-refractivity contribution in [2.75, 3.05) is 20.2 Å². The predicted molar refractivity (Wildman–Crippen MR) is 62.0 cm³/mol. The van der Waals surface area contributed by atoms with Crippen LogP contribution in [0.4, 0.5) is 0 Å². The van der Waals surface area contributed by atoms with Crippen LogP contribution < -0.4 is 40.6 Å². The van der Waals surface area contributed by atoms with Crippen LogP contribution >= 0.6 is 0 Å². The Morgan fingerprint density at radius 1 is 1.28 bits per heavy atom. The molecule has 0 saturated carbocycles. The Morgan fingerprint density at radius 3 is 2.28 bits per heavy atom. The van der Waals surface area contributed by atoms with Crippen molar-refractivity contribution in [1.29, 1.82) is 0 Å². The number of halogens is 2. The molecule has 18 heavy (non-hydrogen) atoms. The maximum absolute atomic E-state index is 10.1. The molecule has 106 valence electrons. The second-order valence-corrected chi connectivity index (χ2v) is 3.96. The number of ether oxygens (including phenoxy) is 1. The highest BCUT2D eigenvalue weighted by Gasteiger charge is 2.18. The lowest BCUT2D eigenvalue weighted by Gasteiger charge is -2.17. The molecule has 6 N–H and O–H groups in total. The molecule has 0 aliphatic rings. The number of aliphatic hydroxyl groups excluding tert-OH is 1. The van der Waals surface area contributed by atoms with Crippen LogP contribution in [0.1, 0.15) is 18.6 Å². The highest BCUT2D eigenvalue weighted by atomic mass is 35.5. The molecule has 0 amide bonds. The number of nitrogens with two attached hydrogens (primary N) is 1. The van der Waals surface area contributed by atoms with Crippen LogP contribution in [-0.2, 0) is 0 Å². The second-order valence-electron chi connectivity index (χ2n) is 3.96. The first-order chi connectivity index (χ1) is 7.69. The number of rotatable bonds is 6. The van der Waals surface area contributed by atoms with Gasteiger partial charge in [0, 0.05) is 0 Å². The molecule has 0 aliphatic heterocycles. The molecule has 1 aromatic rings. The molecule has 2 atom stereocenters. The van der Waals surface area contributed by atoms with Crippen LogP contribution in [0.2, 0.25) is 0 Å². The van der Waals surface area contributed by atoms with Crippen LogP contribution in [0.5, 0.6) is 5.75 Å². The maximum Gasteiger partial charge on any atom is 0.130 e. The van der Waals surface area contributed by atoms with Crippen LogP contribution in [0.25, 0.3) is 0 Å². The fourth-order valence-electron chi connectivity index (χ4n) is 1.61. The Hall–Kier alpha value is -0.520.